The summed E-state index contributed by atoms with van der Waals surface area (Å²) in [5, 5.41) is 9.52. The van der Waals surface area contributed by atoms with Crippen LogP contribution in [0, 0.1) is 12.7 Å². The Morgan fingerprint density at radius 3 is 2.63 bits per heavy atom. The number of aliphatic hydroxyl groups is 1. The number of methoxy groups -OCH3 is 1. The molecule has 1 atom stereocenters. The molecule has 4 nitrogen and oxygen atoms in total. The Hall–Kier alpha value is -1.95. The van der Waals surface area contributed by atoms with E-state index in [0.717, 1.165) is 32.6 Å². The fraction of sp³-hybridized carbons (Fsp3) is 0.455. The van der Waals surface area contributed by atoms with Crippen molar-refractivity contribution in [3.8, 4) is 5.75 Å². The lowest BCUT2D eigenvalue weighted by atomic mass is 10.0. The molecule has 1 heterocycles. The van der Waals surface area contributed by atoms with Crippen molar-refractivity contribution in [2.24, 2.45) is 0 Å². The van der Waals surface area contributed by atoms with Crippen LogP contribution in [0.1, 0.15) is 23.1 Å². The summed E-state index contributed by atoms with van der Waals surface area (Å²) >= 11 is 0. The first-order chi connectivity index (χ1) is 13.1. The number of halogens is 1. The van der Waals surface area contributed by atoms with Gasteiger partial charge in [0.2, 0.25) is 0 Å². The summed E-state index contributed by atoms with van der Waals surface area (Å²) < 4.78 is 19.4. The average molecular weight is 372 g/mol. The van der Waals surface area contributed by atoms with Gasteiger partial charge in [0.05, 0.1) is 7.11 Å². The summed E-state index contributed by atoms with van der Waals surface area (Å²) in [5.41, 5.74) is 3.31. The van der Waals surface area contributed by atoms with Gasteiger partial charge in [0.15, 0.2) is 0 Å². The van der Waals surface area contributed by atoms with Gasteiger partial charge >= 0.3 is 0 Å². The minimum Gasteiger partial charge on any atom is -0.497 e. The SMILES string of the molecule is COc1ccc(CN2CCN(Cc3ccccc3C)[C@@H](CCO)C2)c(F)c1. The summed E-state index contributed by atoms with van der Waals surface area (Å²) in [5.74, 6) is 0.313. The smallest absolute Gasteiger partial charge is 0.131 e. The van der Waals surface area contributed by atoms with Crippen LogP contribution in [0.2, 0.25) is 0 Å². The molecule has 0 spiro atoms. The Balaban J connectivity index is 1.66. The van der Waals surface area contributed by atoms with Crippen molar-refractivity contribution in [3.05, 3.63) is 65.0 Å². The molecular formula is C22H29FN2O2. The molecule has 146 valence electrons. The van der Waals surface area contributed by atoms with Crippen molar-refractivity contribution >= 4 is 0 Å². The van der Waals surface area contributed by atoms with Crippen LogP contribution in [0.25, 0.3) is 0 Å². The van der Waals surface area contributed by atoms with E-state index in [1.165, 1.54) is 17.2 Å². The van der Waals surface area contributed by atoms with Crippen LogP contribution in [0.3, 0.4) is 0 Å². The first-order valence-electron chi connectivity index (χ1n) is 9.55. The van der Waals surface area contributed by atoms with Crippen LogP contribution in [-0.2, 0) is 13.1 Å². The minimum absolute atomic E-state index is 0.166. The molecule has 1 saturated heterocycles. The molecule has 0 unspecified atom stereocenters. The number of hydrogen-bond donors (Lipinski definition) is 1. The van der Waals surface area contributed by atoms with E-state index in [9.17, 15) is 9.50 Å². The van der Waals surface area contributed by atoms with Crippen LogP contribution in [0.5, 0.6) is 5.75 Å². The zero-order valence-electron chi connectivity index (χ0n) is 16.2. The molecule has 0 aromatic heterocycles. The third-order valence-corrected chi connectivity index (χ3v) is 5.44. The molecule has 27 heavy (non-hydrogen) atoms. The lowest BCUT2D eigenvalue weighted by molar-refractivity contribution is 0.0493. The third kappa shape index (κ3) is 5.06. The highest BCUT2D eigenvalue weighted by molar-refractivity contribution is 5.29. The molecule has 3 rings (SSSR count). The summed E-state index contributed by atoms with van der Waals surface area (Å²) in [6, 6.07) is 13.8. The van der Waals surface area contributed by atoms with Crippen LogP contribution in [-0.4, -0.2) is 54.3 Å². The Labute approximate surface area is 161 Å². The molecule has 5 heteroatoms. The number of hydrogen-bond acceptors (Lipinski definition) is 4. The van der Waals surface area contributed by atoms with Crippen LogP contribution in [0.4, 0.5) is 4.39 Å². The quantitative estimate of drug-likeness (QED) is 0.810. The van der Waals surface area contributed by atoms with E-state index in [1.807, 2.05) is 0 Å². The molecule has 1 aliphatic rings. The van der Waals surface area contributed by atoms with Crippen molar-refractivity contribution in [2.75, 3.05) is 33.4 Å². The predicted octanol–water partition coefficient (Wildman–Crippen LogP) is 3.21. The van der Waals surface area contributed by atoms with Gasteiger partial charge < -0.3 is 9.84 Å². The van der Waals surface area contributed by atoms with Crippen LogP contribution < -0.4 is 4.74 Å². The number of aliphatic hydroxyl groups excluding tert-OH is 1. The first kappa shape index (κ1) is 19.8. The van der Waals surface area contributed by atoms with Gasteiger partial charge in [-0.2, -0.15) is 0 Å². The second-order valence-electron chi connectivity index (χ2n) is 7.26. The van der Waals surface area contributed by atoms with Gasteiger partial charge in [-0.15, -0.1) is 0 Å². The molecule has 1 N–H and O–H groups in total. The Kier molecular flexibility index (Phi) is 6.83. The summed E-state index contributed by atoms with van der Waals surface area (Å²) in [4.78, 5) is 4.72. The fourth-order valence-corrected chi connectivity index (χ4v) is 3.76. The molecule has 2 aromatic rings. The summed E-state index contributed by atoms with van der Waals surface area (Å²) in [6.07, 6.45) is 0.730. The Bertz CT molecular complexity index is 753. The maximum atomic E-state index is 14.3. The number of ether oxygens (including phenoxy) is 1. The van der Waals surface area contributed by atoms with E-state index in [4.69, 9.17) is 4.74 Å². The van der Waals surface area contributed by atoms with Gasteiger partial charge in [-0.3, -0.25) is 9.80 Å². The molecule has 2 aromatic carbocycles. The second-order valence-corrected chi connectivity index (χ2v) is 7.26. The molecule has 0 aliphatic carbocycles. The fourth-order valence-electron chi connectivity index (χ4n) is 3.76. The standard InChI is InChI=1S/C22H29FN2O2/c1-17-5-3-4-6-18(17)15-25-11-10-24(16-20(25)9-12-26)14-19-7-8-21(27-2)13-22(19)23/h3-8,13,20,26H,9-12,14-16H2,1-2H3/t20-/m0/s1. The van der Waals surface area contributed by atoms with E-state index in [2.05, 4.69) is 41.0 Å². The largest absolute Gasteiger partial charge is 0.497 e. The molecule has 0 amide bonds. The molecule has 0 bridgehead atoms. The first-order valence-corrected chi connectivity index (χ1v) is 9.55. The number of rotatable bonds is 7. The zero-order chi connectivity index (χ0) is 19.2. The topological polar surface area (TPSA) is 35.9 Å². The molecule has 0 radical (unpaired) electrons. The van der Waals surface area contributed by atoms with E-state index in [-0.39, 0.29) is 18.5 Å². The van der Waals surface area contributed by atoms with Crippen molar-refractivity contribution in [1.82, 2.24) is 9.80 Å². The highest BCUT2D eigenvalue weighted by Gasteiger charge is 2.27. The van der Waals surface area contributed by atoms with E-state index in [0.29, 0.717) is 17.9 Å². The maximum Gasteiger partial charge on any atom is 0.131 e. The Morgan fingerprint density at radius 1 is 1.11 bits per heavy atom. The average Bonchev–Trinajstić information content (AvgIpc) is 2.67. The van der Waals surface area contributed by atoms with Crippen molar-refractivity contribution in [2.45, 2.75) is 32.5 Å². The van der Waals surface area contributed by atoms with E-state index < -0.39 is 0 Å². The Morgan fingerprint density at radius 2 is 1.93 bits per heavy atom. The number of benzene rings is 2. The van der Waals surface area contributed by atoms with Crippen LogP contribution in [0.15, 0.2) is 42.5 Å². The van der Waals surface area contributed by atoms with Gasteiger partial charge in [-0.05, 0) is 30.5 Å². The third-order valence-electron chi connectivity index (χ3n) is 5.44. The van der Waals surface area contributed by atoms with Crippen LogP contribution >= 0.6 is 0 Å². The normalized spacial score (nSPS) is 18.6. The van der Waals surface area contributed by atoms with E-state index >= 15 is 0 Å². The van der Waals surface area contributed by atoms with Gasteiger partial charge in [-0.1, -0.05) is 30.3 Å². The van der Waals surface area contributed by atoms with E-state index in [1.54, 1.807) is 19.2 Å². The maximum absolute atomic E-state index is 14.3. The molecule has 0 saturated carbocycles. The molecular weight excluding hydrogens is 343 g/mol. The predicted molar refractivity (Wildman–Crippen MR) is 105 cm³/mol. The van der Waals surface area contributed by atoms with Crippen molar-refractivity contribution in [1.29, 1.82) is 0 Å². The molecule has 1 fully saturated rings. The zero-order valence-corrected chi connectivity index (χ0v) is 16.2. The highest BCUT2D eigenvalue weighted by atomic mass is 19.1. The van der Waals surface area contributed by atoms with Crippen molar-refractivity contribution < 1.29 is 14.2 Å². The highest BCUT2D eigenvalue weighted by Crippen LogP contribution is 2.22. The number of aryl methyl sites for hydroxylation is 1. The van der Waals surface area contributed by atoms with Gasteiger partial charge in [0.1, 0.15) is 11.6 Å². The monoisotopic (exact) mass is 372 g/mol. The lowest BCUT2D eigenvalue weighted by Gasteiger charge is -2.41. The second kappa shape index (κ2) is 9.31. The minimum atomic E-state index is -0.226. The summed E-state index contributed by atoms with van der Waals surface area (Å²) in [7, 11) is 1.54. The number of piperazine rings is 1. The van der Waals surface area contributed by atoms with Crippen molar-refractivity contribution in [3.63, 3.8) is 0 Å². The van der Waals surface area contributed by atoms with Gasteiger partial charge in [-0.25, -0.2) is 4.39 Å². The number of nitrogens with zero attached hydrogens (tertiary/aromatic N) is 2. The molecule has 1 aliphatic heterocycles. The lowest BCUT2D eigenvalue weighted by Crippen LogP contribution is -2.52. The van der Waals surface area contributed by atoms with Gasteiger partial charge in [0, 0.05) is 57.0 Å². The summed E-state index contributed by atoms with van der Waals surface area (Å²) in [6.45, 7) is 6.41. The van der Waals surface area contributed by atoms with Gasteiger partial charge in [0.25, 0.3) is 0 Å².